The zero-order valence-corrected chi connectivity index (χ0v) is 12.8. The van der Waals surface area contributed by atoms with E-state index in [1.54, 1.807) is 42.5 Å². The Hall–Kier alpha value is -2.65. The SMILES string of the molecule is O=C(Nc1ccccc1-c1ccc(F)cc1)c1ccccc1Cl. The Morgan fingerprint density at radius 1 is 0.870 bits per heavy atom. The third-order valence-corrected chi connectivity index (χ3v) is 3.78. The predicted octanol–water partition coefficient (Wildman–Crippen LogP) is 5.40. The van der Waals surface area contributed by atoms with Gasteiger partial charge in [-0.3, -0.25) is 4.79 Å². The molecule has 23 heavy (non-hydrogen) atoms. The molecule has 0 spiro atoms. The number of amides is 1. The maximum atomic E-state index is 13.1. The molecule has 0 heterocycles. The minimum absolute atomic E-state index is 0.287. The molecule has 2 nitrogen and oxygen atoms in total. The first-order chi connectivity index (χ1) is 11.1. The van der Waals surface area contributed by atoms with Crippen molar-refractivity contribution in [3.05, 3.63) is 89.2 Å². The van der Waals surface area contributed by atoms with E-state index in [4.69, 9.17) is 11.6 Å². The Labute approximate surface area is 138 Å². The molecule has 0 aliphatic rings. The van der Waals surface area contributed by atoms with Crippen LogP contribution in [-0.4, -0.2) is 5.91 Å². The molecular weight excluding hydrogens is 313 g/mol. The number of halogens is 2. The highest BCUT2D eigenvalue weighted by Gasteiger charge is 2.12. The second-order valence-electron chi connectivity index (χ2n) is 4.99. The summed E-state index contributed by atoms with van der Waals surface area (Å²) in [6.07, 6.45) is 0. The van der Waals surface area contributed by atoms with E-state index in [-0.39, 0.29) is 11.7 Å². The summed E-state index contributed by atoms with van der Waals surface area (Å²) in [5.74, 6) is -0.587. The molecule has 0 aromatic heterocycles. The molecule has 0 aliphatic heterocycles. The highest BCUT2D eigenvalue weighted by Crippen LogP contribution is 2.28. The van der Waals surface area contributed by atoms with Crippen molar-refractivity contribution < 1.29 is 9.18 Å². The molecule has 0 bridgehead atoms. The van der Waals surface area contributed by atoms with Crippen molar-refractivity contribution in [3.63, 3.8) is 0 Å². The van der Waals surface area contributed by atoms with Gasteiger partial charge in [0.2, 0.25) is 0 Å². The Morgan fingerprint density at radius 2 is 1.52 bits per heavy atom. The van der Waals surface area contributed by atoms with Crippen molar-refractivity contribution in [2.24, 2.45) is 0 Å². The van der Waals surface area contributed by atoms with Crippen LogP contribution in [0.5, 0.6) is 0 Å². The number of nitrogens with one attached hydrogen (secondary N) is 1. The highest BCUT2D eigenvalue weighted by molar-refractivity contribution is 6.34. The van der Waals surface area contributed by atoms with Gasteiger partial charge in [0.1, 0.15) is 5.82 Å². The second-order valence-corrected chi connectivity index (χ2v) is 5.39. The summed E-state index contributed by atoms with van der Waals surface area (Å²) in [6.45, 7) is 0. The average Bonchev–Trinajstić information content (AvgIpc) is 2.56. The van der Waals surface area contributed by atoms with Gasteiger partial charge in [-0.05, 0) is 35.9 Å². The Morgan fingerprint density at radius 3 is 2.26 bits per heavy atom. The van der Waals surface area contributed by atoms with E-state index in [0.29, 0.717) is 16.3 Å². The summed E-state index contributed by atoms with van der Waals surface area (Å²) in [5, 5.41) is 3.26. The maximum Gasteiger partial charge on any atom is 0.257 e. The average molecular weight is 326 g/mol. The second kappa shape index (κ2) is 6.63. The monoisotopic (exact) mass is 325 g/mol. The van der Waals surface area contributed by atoms with E-state index < -0.39 is 0 Å². The van der Waals surface area contributed by atoms with Gasteiger partial charge < -0.3 is 5.32 Å². The minimum atomic E-state index is -0.300. The molecule has 0 saturated heterocycles. The molecule has 3 aromatic carbocycles. The van der Waals surface area contributed by atoms with E-state index in [9.17, 15) is 9.18 Å². The quantitative estimate of drug-likeness (QED) is 0.686. The molecule has 114 valence electrons. The number of benzene rings is 3. The van der Waals surface area contributed by atoms with Crippen LogP contribution in [0, 0.1) is 5.82 Å². The molecule has 1 N–H and O–H groups in total. The number of carbonyl (C=O) groups is 1. The van der Waals surface area contributed by atoms with E-state index in [1.165, 1.54) is 12.1 Å². The largest absolute Gasteiger partial charge is 0.321 e. The van der Waals surface area contributed by atoms with E-state index in [0.717, 1.165) is 11.1 Å². The Kier molecular flexibility index (Phi) is 4.40. The number of anilines is 1. The molecule has 0 saturated carbocycles. The molecule has 3 aromatic rings. The summed E-state index contributed by atoms with van der Waals surface area (Å²) in [4.78, 5) is 12.4. The van der Waals surface area contributed by atoms with Crippen LogP contribution in [0.25, 0.3) is 11.1 Å². The van der Waals surface area contributed by atoms with Crippen molar-refractivity contribution in [3.8, 4) is 11.1 Å². The fourth-order valence-corrected chi connectivity index (χ4v) is 2.53. The molecule has 0 unspecified atom stereocenters. The van der Waals surface area contributed by atoms with E-state index in [2.05, 4.69) is 5.32 Å². The van der Waals surface area contributed by atoms with Crippen molar-refractivity contribution in [2.75, 3.05) is 5.32 Å². The van der Waals surface area contributed by atoms with Crippen molar-refractivity contribution in [1.82, 2.24) is 0 Å². The molecule has 3 rings (SSSR count). The summed E-state index contributed by atoms with van der Waals surface area (Å²) in [5.41, 5.74) is 2.68. The fourth-order valence-electron chi connectivity index (χ4n) is 2.31. The minimum Gasteiger partial charge on any atom is -0.321 e. The standard InChI is InChI=1S/C19H13ClFNO/c20-17-7-3-1-6-16(17)19(23)22-18-8-4-2-5-15(18)13-9-11-14(21)12-10-13/h1-12H,(H,22,23). The molecule has 0 atom stereocenters. The van der Waals surface area contributed by atoms with Crippen LogP contribution in [0.15, 0.2) is 72.8 Å². The van der Waals surface area contributed by atoms with Crippen LogP contribution in [0.4, 0.5) is 10.1 Å². The summed E-state index contributed by atoms with van der Waals surface area (Å²) >= 11 is 6.06. The Balaban J connectivity index is 1.94. The van der Waals surface area contributed by atoms with Gasteiger partial charge in [-0.15, -0.1) is 0 Å². The lowest BCUT2D eigenvalue weighted by Crippen LogP contribution is -2.13. The van der Waals surface area contributed by atoms with Crippen LogP contribution < -0.4 is 5.32 Å². The highest BCUT2D eigenvalue weighted by atomic mass is 35.5. The first-order valence-corrected chi connectivity index (χ1v) is 7.44. The molecular formula is C19H13ClFNO. The predicted molar refractivity (Wildman–Crippen MR) is 91.2 cm³/mol. The first-order valence-electron chi connectivity index (χ1n) is 7.06. The lowest BCUT2D eigenvalue weighted by atomic mass is 10.0. The summed E-state index contributed by atoms with van der Waals surface area (Å²) in [6, 6.07) is 20.4. The number of hydrogen-bond acceptors (Lipinski definition) is 1. The molecule has 0 radical (unpaired) electrons. The zero-order valence-electron chi connectivity index (χ0n) is 12.1. The van der Waals surface area contributed by atoms with Gasteiger partial charge in [-0.2, -0.15) is 0 Å². The van der Waals surface area contributed by atoms with Gasteiger partial charge in [0.25, 0.3) is 5.91 Å². The molecule has 4 heteroatoms. The molecule has 0 aliphatic carbocycles. The molecule has 0 fully saturated rings. The first kappa shape index (κ1) is 15.3. The summed E-state index contributed by atoms with van der Waals surface area (Å²) in [7, 11) is 0. The zero-order chi connectivity index (χ0) is 16.2. The third kappa shape index (κ3) is 3.41. The van der Waals surface area contributed by atoms with Gasteiger partial charge in [0, 0.05) is 11.3 Å². The van der Waals surface area contributed by atoms with Gasteiger partial charge >= 0.3 is 0 Å². The Bertz CT molecular complexity index is 846. The number of hydrogen-bond donors (Lipinski definition) is 1. The third-order valence-electron chi connectivity index (χ3n) is 3.45. The lowest BCUT2D eigenvalue weighted by molar-refractivity contribution is 0.102. The van der Waals surface area contributed by atoms with Crippen molar-refractivity contribution >= 4 is 23.2 Å². The van der Waals surface area contributed by atoms with Crippen LogP contribution >= 0.6 is 11.6 Å². The van der Waals surface area contributed by atoms with Gasteiger partial charge in [-0.25, -0.2) is 4.39 Å². The molecule has 1 amide bonds. The lowest BCUT2D eigenvalue weighted by Gasteiger charge is -2.12. The van der Waals surface area contributed by atoms with Gasteiger partial charge in [0.05, 0.1) is 10.6 Å². The number of carbonyl (C=O) groups excluding carboxylic acids is 1. The summed E-state index contributed by atoms with van der Waals surface area (Å²) < 4.78 is 13.1. The number of para-hydroxylation sites is 1. The van der Waals surface area contributed by atoms with E-state index in [1.807, 2.05) is 18.2 Å². The van der Waals surface area contributed by atoms with Crippen LogP contribution in [0.3, 0.4) is 0 Å². The van der Waals surface area contributed by atoms with Crippen LogP contribution in [0.1, 0.15) is 10.4 Å². The fraction of sp³-hybridized carbons (Fsp3) is 0. The maximum absolute atomic E-state index is 13.1. The number of rotatable bonds is 3. The van der Waals surface area contributed by atoms with Crippen molar-refractivity contribution in [2.45, 2.75) is 0 Å². The normalized spacial score (nSPS) is 10.3. The van der Waals surface area contributed by atoms with E-state index >= 15 is 0 Å². The smallest absolute Gasteiger partial charge is 0.257 e. The van der Waals surface area contributed by atoms with Crippen LogP contribution in [-0.2, 0) is 0 Å². The van der Waals surface area contributed by atoms with Gasteiger partial charge in [-0.1, -0.05) is 54.1 Å². The topological polar surface area (TPSA) is 29.1 Å². The van der Waals surface area contributed by atoms with Gasteiger partial charge in [0.15, 0.2) is 0 Å². The van der Waals surface area contributed by atoms with Crippen molar-refractivity contribution in [1.29, 1.82) is 0 Å². The van der Waals surface area contributed by atoms with Crippen LogP contribution in [0.2, 0.25) is 5.02 Å².